The van der Waals surface area contributed by atoms with Crippen molar-refractivity contribution in [3.05, 3.63) is 63.3 Å². The average Bonchev–Trinajstić information content (AvgIpc) is 3.42. The molecule has 12 heteroatoms. The Kier molecular flexibility index (Phi) is 5.28. The van der Waals surface area contributed by atoms with Crippen molar-refractivity contribution >= 4 is 33.3 Å². The fourth-order valence-electron chi connectivity index (χ4n) is 3.54. The third-order valence-corrected chi connectivity index (χ3v) is 6.40. The highest BCUT2D eigenvalue weighted by Gasteiger charge is 2.72. The summed E-state index contributed by atoms with van der Waals surface area (Å²) in [6.45, 7) is 3.83. The molecule has 4 rings (SSSR count). The number of hydrogen-bond acceptors (Lipinski definition) is 4. The summed E-state index contributed by atoms with van der Waals surface area (Å²) in [4.78, 5) is 9.18. The second-order valence-corrected chi connectivity index (χ2v) is 8.65. The Hall–Kier alpha value is -2.99. The van der Waals surface area contributed by atoms with Crippen molar-refractivity contribution in [3.63, 3.8) is 0 Å². The molecule has 3 aromatic heterocycles. The molecule has 5 nitrogen and oxygen atoms in total. The number of hydrogen-bond donors (Lipinski definition) is 3. The van der Waals surface area contributed by atoms with E-state index in [0.29, 0.717) is 28.9 Å². The molecule has 0 aromatic carbocycles. The molecule has 0 radical (unpaired) electrons. The highest BCUT2D eigenvalue weighted by Crippen LogP contribution is 2.52. The number of nitrogens with one attached hydrogen (secondary N) is 2. The van der Waals surface area contributed by atoms with Crippen LogP contribution in [0.4, 0.5) is 26.3 Å². The molecule has 3 N–H and O–H groups in total. The van der Waals surface area contributed by atoms with E-state index >= 15 is 0 Å². The van der Waals surface area contributed by atoms with Crippen molar-refractivity contribution in [1.82, 2.24) is 9.97 Å². The van der Waals surface area contributed by atoms with E-state index in [1.807, 2.05) is 19.9 Å². The third kappa shape index (κ3) is 3.76. The van der Waals surface area contributed by atoms with Crippen LogP contribution in [0.3, 0.4) is 0 Å². The summed E-state index contributed by atoms with van der Waals surface area (Å²) < 4.78 is 84.4. The van der Waals surface area contributed by atoms with E-state index in [4.69, 9.17) is 4.74 Å². The number of aromatic amines is 2. The normalized spacial score (nSPS) is 16.6. The van der Waals surface area contributed by atoms with Gasteiger partial charge < -0.3 is 19.8 Å². The van der Waals surface area contributed by atoms with Gasteiger partial charge >= 0.3 is 12.4 Å². The number of thiophene rings is 1. The molecule has 0 fully saturated rings. The highest BCUT2D eigenvalue weighted by molar-refractivity contribution is 7.19. The van der Waals surface area contributed by atoms with E-state index in [1.54, 1.807) is 12.2 Å². The van der Waals surface area contributed by atoms with Gasteiger partial charge in [-0.15, -0.1) is 11.3 Å². The number of methoxy groups -OCH3 is 1. The van der Waals surface area contributed by atoms with Gasteiger partial charge in [0.2, 0.25) is 0 Å². The van der Waals surface area contributed by atoms with Crippen molar-refractivity contribution in [1.29, 1.82) is 0 Å². The molecule has 0 spiro atoms. The van der Waals surface area contributed by atoms with Gasteiger partial charge in [0.25, 0.3) is 5.60 Å². The summed E-state index contributed by atoms with van der Waals surface area (Å²) >= 11 is 0.204. The van der Waals surface area contributed by atoms with Crippen LogP contribution in [-0.2, 0) is 10.3 Å². The predicted octanol–water partition coefficient (Wildman–Crippen LogP) is 5.86. The van der Waals surface area contributed by atoms with Gasteiger partial charge in [-0.25, -0.2) is 4.99 Å². The fraction of sp³-hybridized carbons (Fsp3) is 0.286. The minimum absolute atomic E-state index is 0.0141. The van der Waals surface area contributed by atoms with Gasteiger partial charge in [-0.1, -0.05) is 0 Å². The quantitative estimate of drug-likeness (QED) is 0.402. The minimum atomic E-state index is -5.93. The zero-order chi connectivity index (χ0) is 24.3. The standard InChI is InChI=1S/C21H17F6N3O2S/c1-9-4-10(2)28-11(9)5-14-16(32-3)6-12(29-14)13-7-17-15(30-13)8-18(33-17)19(31,20(22,23)24)21(25,26)27/h4-8,28,30-31H,1-3H3. The van der Waals surface area contributed by atoms with E-state index in [0.717, 1.165) is 17.0 Å². The predicted molar refractivity (Wildman–Crippen MR) is 112 cm³/mol. The van der Waals surface area contributed by atoms with Crippen molar-refractivity contribution in [3.8, 4) is 0 Å². The van der Waals surface area contributed by atoms with E-state index in [1.165, 1.54) is 13.2 Å². The number of aliphatic imine (C=N–C) groups is 1. The van der Waals surface area contributed by atoms with Crippen molar-refractivity contribution in [2.24, 2.45) is 4.99 Å². The van der Waals surface area contributed by atoms with Crippen molar-refractivity contribution < 1.29 is 36.2 Å². The molecule has 33 heavy (non-hydrogen) atoms. The number of aryl methyl sites for hydroxylation is 2. The van der Waals surface area contributed by atoms with Crippen LogP contribution in [0, 0.1) is 13.8 Å². The molecule has 0 unspecified atom stereocenters. The van der Waals surface area contributed by atoms with Crippen molar-refractivity contribution in [2.75, 3.05) is 7.11 Å². The molecular formula is C21H17F6N3O2S. The molecule has 0 amide bonds. The van der Waals surface area contributed by atoms with Gasteiger partial charge in [-0.05, 0) is 43.7 Å². The molecule has 1 aliphatic rings. The van der Waals surface area contributed by atoms with Crippen LogP contribution in [-0.4, -0.2) is 40.2 Å². The summed E-state index contributed by atoms with van der Waals surface area (Å²) in [6, 6.07) is 4.00. The van der Waals surface area contributed by atoms with Gasteiger partial charge in [0.15, 0.2) is 0 Å². The van der Waals surface area contributed by atoms with Gasteiger partial charge in [-0.3, -0.25) is 0 Å². The number of aliphatic hydroxyl groups is 1. The summed E-state index contributed by atoms with van der Waals surface area (Å²) in [5.41, 5.74) is -0.892. The number of halogens is 6. The average molecular weight is 489 g/mol. The Morgan fingerprint density at radius 1 is 1.03 bits per heavy atom. The Morgan fingerprint density at radius 3 is 2.21 bits per heavy atom. The summed E-state index contributed by atoms with van der Waals surface area (Å²) in [5.74, 6) is 0.443. The molecule has 1 aliphatic heterocycles. The highest BCUT2D eigenvalue weighted by atomic mass is 32.1. The van der Waals surface area contributed by atoms with Gasteiger partial charge in [0.1, 0.15) is 11.5 Å². The second kappa shape index (κ2) is 7.52. The first-order valence-corrected chi connectivity index (χ1v) is 10.3. The van der Waals surface area contributed by atoms with E-state index < -0.39 is 22.8 Å². The minimum Gasteiger partial charge on any atom is -0.494 e. The Balaban J connectivity index is 1.73. The monoisotopic (exact) mass is 489 g/mol. The first-order valence-electron chi connectivity index (χ1n) is 9.46. The van der Waals surface area contributed by atoms with Gasteiger partial charge in [0.05, 0.1) is 33.6 Å². The van der Waals surface area contributed by atoms with Crippen LogP contribution < -0.4 is 0 Å². The summed E-state index contributed by atoms with van der Waals surface area (Å²) in [7, 11) is 1.46. The number of fused-ring (bicyclic) bond motifs is 1. The maximum absolute atomic E-state index is 13.2. The number of alkyl halides is 6. The van der Waals surface area contributed by atoms with E-state index in [9.17, 15) is 31.4 Å². The van der Waals surface area contributed by atoms with Crippen LogP contribution in [0.2, 0.25) is 0 Å². The van der Waals surface area contributed by atoms with Crippen molar-refractivity contribution in [2.45, 2.75) is 31.8 Å². The molecule has 0 saturated carbocycles. The lowest BCUT2D eigenvalue weighted by atomic mass is 10.0. The summed E-state index contributed by atoms with van der Waals surface area (Å²) in [5, 5.41) is 9.61. The number of nitrogens with zero attached hydrogens (tertiary/aromatic N) is 1. The number of ether oxygens (including phenoxy) is 1. The van der Waals surface area contributed by atoms with Crippen LogP contribution in [0.25, 0.3) is 16.3 Å². The molecule has 176 valence electrons. The Bertz CT molecular complexity index is 1270. The maximum atomic E-state index is 13.2. The SMILES string of the molecule is COC1=CC(c2cc3sc(C(O)(C(F)(F)F)C(F)(F)F)cc3[nH]2)=NC1=Cc1[nH]c(C)cc1C. The lowest BCUT2D eigenvalue weighted by molar-refractivity contribution is -0.374. The fourth-order valence-corrected chi connectivity index (χ4v) is 4.72. The van der Waals surface area contributed by atoms with Crippen LogP contribution in [0.5, 0.6) is 0 Å². The lowest BCUT2D eigenvalue weighted by Crippen LogP contribution is -2.53. The molecule has 0 bridgehead atoms. The number of H-pyrrole nitrogens is 2. The largest absolute Gasteiger partial charge is 0.494 e. The van der Waals surface area contributed by atoms with Gasteiger partial charge in [0, 0.05) is 17.5 Å². The summed E-state index contributed by atoms with van der Waals surface area (Å²) in [6.07, 6.45) is -8.48. The molecular weight excluding hydrogens is 472 g/mol. The smallest absolute Gasteiger partial charge is 0.431 e. The zero-order valence-corrected chi connectivity index (χ0v) is 18.2. The Morgan fingerprint density at radius 2 is 1.70 bits per heavy atom. The number of aromatic nitrogens is 2. The van der Waals surface area contributed by atoms with E-state index in [-0.39, 0.29) is 21.6 Å². The third-order valence-electron chi connectivity index (χ3n) is 5.21. The Labute approximate surface area is 187 Å². The first kappa shape index (κ1) is 23.2. The van der Waals surface area contributed by atoms with Crippen LogP contribution >= 0.6 is 11.3 Å². The second-order valence-electron chi connectivity index (χ2n) is 7.57. The number of rotatable bonds is 4. The molecule has 0 aliphatic carbocycles. The topological polar surface area (TPSA) is 73.4 Å². The van der Waals surface area contributed by atoms with Crippen LogP contribution in [0.1, 0.15) is 27.5 Å². The maximum Gasteiger partial charge on any atom is 0.431 e. The molecule has 0 atom stereocenters. The first-order chi connectivity index (χ1) is 15.2. The zero-order valence-electron chi connectivity index (χ0n) is 17.4. The van der Waals surface area contributed by atoms with E-state index in [2.05, 4.69) is 15.0 Å². The van der Waals surface area contributed by atoms with Gasteiger partial charge in [-0.2, -0.15) is 26.3 Å². The molecule has 4 heterocycles. The lowest BCUT2D eigenvalue weighted by Gasteiger charge is -2.31. The van der Waals surface area contributed by atoms with Crippen LogP contribution in [0.15, 0.2) is 40.7 Å². The molecule has 3 aromatic rings. The number of allylic oxidation sites excluding steroid dienone is 1. The molecule has 0 saturated heterocycles.